The first-order chi connectivity index (χ1) is 11.6. The maximum Gasteiger partial charge on any atom is 0.299 e. The van der Waals surface area contributed by atoms with Crippen molar-refractivity contribution in [2.24, 2.45) is 0 Å². The van der Waals surface area contributed by atoms with E-state index in [9.17, 15) is 0 Å². The van der Waals surface area contributed by atoms with Gasteiger partial charge in [-0.3, -0.25) is 0 Å². The number of anilines is 2. The Morgan fingerprint density at radius 2 is 1.71 bits per heavy atom. The molecule has 0 saturated carbocycles. The largest absolute Gasteiger partial charge is 0.496 e. The van der Waals surface area contributed by atoms with Crippen LogP contribution in [-0.2, 0) is 0 Å². The zero-order chi connectivity index (χ0) is 17.1. The lowest BCUT2D eigenvalue weighted by Crippen LogP contribution is -1.95. The molecule has 5 nitrogen and oxygen atoms in total. The second kappa shape index (κ2) is 6.66. The second-order valence-corrected chi connectivity index (χ2v) is 5.54. The third-order valence-corrected chi connectivity index (χ3v) is 3.78. The maximum atomic E-state index is 5.82. The van der Waals surface area contributed by atoms with Crippen LogP contribution >= 0.6 is 0 Å². The number of methoxy groups -OCH3 is 2. The fourth-order valence-corrected chi connectivity index (χ4v) is 2.53. The van der Waals surface area contributed by atoms with Crippen molar-refractivity contribution in [3.8, 4) is 22.8 Å². The molecule has 1 N–H and O–H groups in total. The van der Waals surface area contributed by atoms with Crippen molar-refractivity contribution >= 4 is 11.7 Å². The number of aromatic nitrogens is 1. The molecule has 0 fully saturated rings. The average Bonchev–Trinajstić information content (AvgIpc) is 3.03. The van der Waals surface area contributed by atoms with Gasteiger partial charge in [0.15, 0.2) is 5.76 Å². The molecule has 1 aromatic heterocycles. The van der Waals surface area contributed by atoms with Crippen LogP contribution in [0.3, 0.4) is 0 Å². The predicted molar refractivity (Wildman–Crippen MR) is 94.2 cm³/mol. The van der Waals surface area contributed by atoms with E-state index in [0.717, 1.165) is 33.9 Å². The highest BCUT2D eigenvalue weighted by Crippen LogP contribution is 2.31. The lowest BCUT2D eigenvalue weighted by atomic mass is 10.1. The van der Waals surface area contributed by atoms with Crippen LogP contribution < -0.4 is 14.8 Å². The molecular weight excluding hydrogens is 304 g/mol. The Bertz CT molecular complexity index is 856. The van der Waals surface area contributed by atoms with Gasteiger partial charge in [0.25, 0.3) is 6.01 Å². The van der Waals surface area contributed by atoms with Crippen molar-refractivity contribution in [3.63, 3.8) is 0 Å². The van der Waals surface area contributed by atoms with E-state index in [-0.39, 0.29) is 0 Å². The van der Waals surface area contributed by atoms with Gasteiger partial charge < -0.3 is 19.2 Å². The molecule has 0 atom stereocenters. The van der Waals surface area contributed by atoms with Gasteiger partial charge in [-0.1, -0.05) is 6.07 Å². The highest BCUT2D eigenvalue weighted by molar-refractivity contribution is 5.65. The molecule has 0 bridgehead atoms. The van der Waals surface area contributed by atoms with E-state index in [1.54, 1.807) is 20.4 Å². The first kappa shape index (κ1) is 15.9. The number of benzene rings is 2. The Morgan fingerprint density at radius 1 is 0.958 bits per heavy atom. The fourth-order valence-electron chi connectivity index (χ4n) is 2.53. The molecule has 3 rings (SSSR count). The predicted octanol–water partition coefficient (Wildman–Crippen LogP) is 4.72. The summed E-state index contributed by atoms with van der Waals surface area (Å²) < 4.78 is 16.5. The van der Waals surface area contributed by atoms with E-state index in [4.69, 9.17) is 13.9 Å². The van der Waals surface area contributed by atoms with Gasteiger partial charge in [-0.05, 0) is 55.3 Å². The number of oxazole rings is 1. The standard InChI is InChI=1S/C19H20N2O3/c1-12-5-7-17(23-4)15(9-12)21-19-20-11-18(24-19)14-6-8-16(22-3)13(2)10-14/h5-11H,1-4H3,(H,20,21). The van der Waals surface area contributed by atoms with Crippen LogP contribution in [0.2, 0.25) is 0 Å². The number of ether oxygens (including phenoxy) is 2. The van der Waals surface area contributed by atoms with Crippen LogP contribution in [0, 0.1) is 13.8 Å². The fraction of sp³-hybridized carbons (Fsp3) is 0.211. The SMILES string of the molecule is COc1ccc(-c2cnc(Nc3cc(C)ccc3OC)o2)cc1C. The summed E-state index contributed by atoms with van der Waals surface area (Å²) in [6, 6.07) is 12.2. The lowest BCUT2D eigenvalue weighted by molar-refractivity contribution is 0.411. The number of nitrogens with zero attached hydrogens (tertiary/aromatic N) is 1. The van der Waals surface area contributed by atoms with Gasteiger partial charge in [0, 0.05) is 5.56 Å². The molecule has 1 heterocycles. The molecule has 0 spiro atoms. The maximum absolute atomic E-state index is 5.82. The van der Waals surface area contributed by atoms with Crippen molar-refractivity contribution in [2.45, 2.75) is 13.8 Å². The molecule has 24 heavy (non-hydrogen) atoms. The number of rotatable bonds is 5. The van der Waals surface area contributed by atoms with Crippen molar-refractivity contribution < 1.29 is 13.9 Å². The topological polar surface area (TPSA) is 56.5 Å². The monoisotopic (exact) mass is 324 g/mol. The van der Waals surface area contributed by atoms with Crippen LogP contribution in [-0.4, -0.2) is 19.2 Å². The van der Waals surface area contributed by atoms with Gasteiger partial charge in [0.05, 0.1) is 26.1 Å². The molecule has 2 aromatic carbocycles. The van der Waals surface area contributed by atoms with Crippen LogP contribution in [0.4, 0.5) is 11.7 Å². The summed E-state index contributed by atoms with van der Waals surface area (Å²) in [4.78, 5) is 4.30. The van der Waals surface area contributed by atoms with E-state index in [2.05, 4.69) is 10.3 Å². The minimum Gasteiger partial charge on any atom is -0.496 e. The lowest BCUT2D eigenvalue weighted by Gasteiger charge is -2.09. The van der Waals surface area contributed by atoms with E-state index in [1.165, 1.54) is 0 Å². The first-order valence-electron chi connectivity index (χ1n) is 7.63. The minimum atomic E-state index is 0.419. The molecule has 124 valence electrons. The van der Waals surface area contributed by atoms with E-state index in [0.29, 0.717) is 11.8 Å². The molecule has 0 amide bonds. The molecule has 0 aliphatic carbocycles. The Balaban J connectivity index is 1.86. The van der Waals surface area contributed by atoms with Crippen LogP contribution in [0.25, 0.3) is 11.3 Å². The van der Waals surface area contributed by atoms with Gasteiger partial charge in [-0.25, -0.2) is 4.98 Å². The average molecular weight is 324 g/mol. The third-order valence-electron chi connectivity index (χ3n) is 3.78. The Hall–Kier alpha value is -2.95. The van der Waals surface area contributed by atoms with Crippen LogP contribution in [0.5, 0.6) is 11.5 Å². The van der Waals surface area contributed by atoms with Gasteiger partial charge in [0.2, 0.25) is 0 Å². The van der Waals surface area contributed by atoms with Crippen molar-refractivity contribution in [1.29, 1.82) is 0 Å². The summed E-state index contributed by atoms with van der Waals surface area (Å²) in [7, 11) is 3.30. The van der Waals surface area contributed by atoms with E-state index >= 15 is 0 Å². The van der Waals surface area contributed by atoms with Gasteiger partial charge in [-0.15, -0.1) is 0 Å². The highest BCUT2D eigenvalue weighted by atomic mass is 16.5. The quantitative estimate of drug-likeness (QED) is 0.736. The van der Waals surface area contributed by atoms with Gasteiger partial charge in [-0.2, -0.15) is 0 Å². The summed E-state index contributed by atoms with van der Waals surface area (Å²) in [5.74, 6) is 2.27. The summed E-state index contributed by atoms with van der Waals surface area (Å²) in [5.41, 5.74) is 3.93. The normalized spacial score (nSPS) is 10.5. The minimum absolute atomic E-state index is 0.419. The Morgan fingerprint density at radius 3 is 2.42 bits per heavy atom. The van der Waals surface area contributed by atoms with Crippen LogP contribution in [0.15, 0.2) is 47.0 Å². The molecule has 0 aliphatic rings. The number of hydrogen-bond acceptors (Lipinski definition) is 5. The van der Waals surface area contributed by atoms with Crippen molar-refractivity contribution in [2.75, 3.05) is 19.5 Å². The summed E-state index contributed by atoms with van der Waals surface area (Å²) >= 11 is 0. The van der Waals surface area contributed by atoms with Gasteiger partial charge in [0.1, 0.15) is 11.5 Å². The molecule has 0 unspecified atom stereocenters. The zero-order valence-corrected chi connectivity index (χ0v) is 14.2. The summed E-state index contributed by atoms with van der Waals surface area (Å²) in [6.07, 6.45) is 1.70. The third kappa shape index (κ3) is 3.20. The highest BCUT2D eigenvalue weighted by Gasteiger charge is 2.11. The molecule has 5 heteroatoms. The molecular formula is C19H20N2O3. The van der Waals surface area contributed by atoms with E-state index in [1.807, 2.05) is 50.2 Å². The molecule has 3 aromatic rings. The number of nitrogens with one attached hydrogen (secondary N) is 1. The zero-order valence-electron chi connectivity index (χ0n) is 14.2. The number of aryl methyl sites for hydroxylation is 2. The molecule has 0 saturated heterocycles. The summed E-state index contributed by atoms with van der Waals surface area (Å²) in [6.45, 7) is 4.02. The Kier molecular flexibility index (Phi) is 4.42. The first-order valence-corrected chi connectivity index (χ1v) is 7.63. The molecule has 0 radical (unpaired) electrons. The number of hydrogen-bond donors (Lipinski definition) is 1. The van der Waals surface area contributed by atoms with Crippen molar-refractivity contribution in [1.82, 2.24) is 4.98 Å². The second-order valence-electron chi connectivity index (χ2n) is 5.54. The Labute approximate surface area is 141 Å². The summed E-state index contributed by atoms with van der Waals surface area (Å²) in [5, 5.41) is 3.16. The van der Waals surface area contributed by atoms with Crippen molar-refractivity contribution in [3.05, 3.63) is 53.7 Å². The van der Waals surface area contributed by atoms with E-state index < -0.39 is 0 Å². The van der Waals surface area contributed by atoms with Crippen LogP contribution in [0.1, 0.15) is 11.1 Å². The van der Waals surface area contributed by atoms with Gasteiger partial charge >= 0.3 is 0 Å². The smallest absolute Gasteiger partial charge is 0.299 e. The molecule has 0 aliphatic heterocycles.